The Labute approximate surface area is 173 Å². The summed E-state index contributed by atoms with van der Waals surface area (Å²) in [5, 5.41) is 10.2. The number of fused-ring (bicyclic) bond motifs is 3. The number of esters is 1. The van der Waals surface area contributed by atoms with Crippen LogP contribution >= 0.6 is 0 Å². The second-order valence-electron chi connectivity index (χ2n) is 8.79. The maximum atomic E-state index is 12.8. The van der Waals surface area contributed by atoms with Crippen LogP contribution in [0.3, 0.4) is 0 Å². The van der Waals surface area contributed by atoms with Crippen LogP contribution in [0, 0.1) is 29.1 Å². The first kappa shape index (κ1) is 23.5. The number of hydrogen-bond donors (Lipinski definition) is 2. The van der Waals surface area contributed by atoms with Crippen LogP contribution in [0.4, 0.5) is 0 Å². The van der Waals surface area contributed by atoms with Gasteiger partial charge in [-0.15, -0.1) is 0 Å². The number of nitrogens with two attached hydrogens (primary N) is 1. The molecule has 7 heteroatoms. The summed E-state index contributed by atoms with van der Waals surface area (Å²) >= 11 is 0. The number of ketones is 1. The maximum absolute atomic E-state index is 12.8. The van der Waals surface area contributed by atoms with Gasteiger partial charge in [-0.3, -0.25) is 9.59 Å². The standard InChI is InChI=1S/C20H31NO4.C2H4O2/c1-12-16-11-18(23)14-9-13(10-19(24)25-8-7-21)3-4-15(14)20(16,2)6-5-17(12)22;1-4-2-3/h10,12,14-17,22H,3-9,11,21H2,1-2H3;2H,1H3/b13-10+;/t12?,14-,15?,16?,17?,20?;/m0./s1. The molecule has 0 aromatic heterocycles. The van der Waals surface area contributed by atoms with Crippen LogP contribution in [-0.2, 0) is 23.9 Å². The lowest BCUT2D eigenvalue weighted by molar-refractivity contribution is -0.151. The van der Waals surface area contributed by atoms with E-state index in [9.17, 15) is 14.7 Å². The molecule has 3 rings (SSSR count). The van der Waals surface area contributed by atoms with Gasteiger partial charge in [-0.1, -0.05) is 19.4 Å². The van der Waals surface area contributed by atoms with Gasteiger partial charge in [0.25, 0.3) is 6.47 Å². The fraction of sp³-hybridized carbons (Fsp3) is 0.773. The van der Waals surface area contributed by atoms with Crippen molar-refractivity contribution in [2.75, 3.05) is 20.3 Å². The fourth-order valence-electron chi connectivity index (χ4n) is 5.72. The molecule has 0 aliphatic heterocycles. The van der Waals surface area contributed by atoms with E-state index in [4.69, 9.17) is 15.3 Å². The van der Waals surface area contributed by atoms with Gasteiger partial charge in [-0.25, -0.2) is 4.79 Å². The molecule has 3 fully saturated rings. The van der Waals surface area contributed by atoms with Crippen LogP contribution in [-0.4, -0.2) is 49.7 Å². The van der Waals surface area contributed by atoms with E-state index in [2.05, 4.69) is 18.6 Å². The molecule has 0 heterocycles. The normalized spacial score (nSPS) is 37.5. The van der Waals surface area contributed by atoms with Crippen molar-refractivity contribution in [3.63, 3.8) is 0 Å². The highest BCUT2D eigenvalue weighted by atomic mass is 16.5. The second kappa shape index (κ2) is 10.3. The Hall–Kier alpha value is -1.73. The van der Waals surface area contributed by atoms with Gasteiger partial charge in [0.2, 0.25) is 0 Å². The largest absolute Gasteiger partial charge is 0.471 e. The average molecular weight is 410 g/mol. The lowest BCUT2D eigenvalue weighted by Crippen LogP contribution is -2.55. The molecule has 7 nitrogen and oxygen atoms in total. The SMILES string of the molecule is CC1C(O)CCC2(C)C1CC(=O)[C@H]1C/C(=C/C(=O)OCCN)CCC12.COC=O. The third-order valence-electron chi connectivity index (χ3n) is 7.27. The van der Waals surface area contributed by atoms with E-state index in [1.807, 2.05) is 0 Å². The van der Waals surface area contributed by atoms with Crippen LogP contribution in [0.25, 0.3) is 0 Å². The van der Waals surface area contributed by atoms with Crippen molar-refractivity contribution in [2.24, 2.45) is 34.8 Å². The van der Waals surface area contributed by atoms with Crippen molar-refractivity contribution in [3.8, 4) is 0 Å². The van der Waals surface area contributed by atoms with Crippen LogP contribution in [0.5, 0.6) is 0 Å². The number of carbonyl (C=O) groups is 3. The summed E-state index contributed by atoms with van der Waals surface area (Å²) in [7, 11) is 1.31. The third-order valence-corrected chi connectivity index (χ3v) is 7.27. The van der Waals surface area contributed by atoms with Gasteiger partial charge >= 0.3 is 5.97 Å². The number of aliphatic hydroxyl groups excluding tert-OH is 1. The minimum Gasteiger partial charge on any atom is -0.471 e. The highest BCUT2D eigenvalue weighted by Crippen LogP contribution is 2.59. The minimum absolute atomic E-state index is 0.0194. The van der Waals surface area contributed by atoms with Crippen LogP contribution < -0.4 is 5.73 Å². The molecule has 164 valence electrons. The van der Waals surface area contributed by atoms with Gasteiger partial charge < -0.3 is 20.3 Å². The van der Waals surface area contributed by atoms with E-state index in [1.54, 1.807) is 6.08 Å². The summed E-state index contributed by atoms with van der Waals surface area (Å²) in [6.45, 7) is 5.35. The number of ether oxygens (including phenoxy) is 2. The van der Waals surface area contributed by atoms with Crippen molar-refractivity contribution in [1.82, 2.24) is 0 Å². The summed E-state index contributed by atoms with van der Waals surface area (Å²) in [5.41, 5.74) is 6.51. The van der Waals surface area contributed by atoms with Crippen molar-refractivity contribution in [1.29, 1.82) is 0 Å². The van der Waals surface area contributed by atoms with Crippen LogP contribution in [0.15, 0.2) is 11.6 Å². The zero-order valence-corrected chi connectivity index (χ0v) is 17.8. The Morgan fingerprint density at radius 3 is 2.62 bits per heavy atom. The molecule has 5 unspecified atom stereocenters. The number of methoxy groups -OCH3 is 1. The van der Waals surface area contributed by atoms with Gasteiger partial charge in [0.15, 0.2) is 0 Å². The zero-order chi connectivity index (χ0) is 21.6. The predicted molar refractivity (Wildman–Crippen MR) is 108 cm³/mol. The molecule has 3 saturated carbocycles. The van der Waals surface area contributed by atoms with Crippen molar-refractivity contribution in [3.05, 3.63) is 11.6 Å². The highest BCUT2D eigenvalue weighted by Gasteiger charge is 2.56. The number of rotatable bonds is 4. The van der Waals surface area contributed by atoms with E-state index < -0.39 is 0 Å². The Balaban J connectivity index is 0.000000687. The molecular weight excluding hydrogens is 374 g/mol. The monoisotopic (exact) mass is 409 g/mol. The Morgan fingerprint density at radius 1 is 1.31 bits per heavy atom. The van der Waals surface area contributed by atoms with Crippen LogP contribution in [0.2, 0.25) is 0 Å². The molecule has 0 spiro atoms. The van der Waals surface area contributed by atoms with Crippen molar-refractivity contribution >= 4 is 18.2 Å². The zero-order valence-electron chi connectivity index (χ0n) is 17.8. The first-order chi connectivity index (χ1) is 13.8. The van der Waals surface area contributed by atoms with Gasteiger partial charge in [-0.2, -0.15) is 0 Å². The first-order valence-electron chi connectivity index (χ1n) is 10.5. The molecule has 6 atom stereocenters. The average Bonchev–Trinajstić information content (AvgIpc) is 2.72. The molecule has 3 N–H and O–H groups in total. The quantitative estimate of drug-likeness (QED) is 0.414. The number of carbonyl (C=O) groups excluding carboxylic acids is 3. The molecule has 0 bridgehead atoms. The summed E-state index contributed by atoms with van der Waals surface area (Å²) in [6, 6.07) is 0. The summed E-state index contributed by atoms with van der Waals surface area (Å²) in [5.74, 6) is 0.823. The van der Waals surface area contributed by atoms with E-state index >= 15 is 0 Å². The molecule has 3 aliphatic rings. The third kappa shape index (κ3) is 5.25. The van der Waals surface area contributed by atoms with Crippen molar-refractivity contribution < 1.29 is 29.0 Å². The minimum atomic E-state index is -0.347. The van der Waals surface area contributed by atoms with E-state index in [0.29, 0.717) is 37.6 Å². The molecule has 3 aliphatic carbocycles. The molecule has 0 amide bonds. The van der Waals surface area contributed by atoms with E-state index in [1.165, 1.54) is 7.11 Å². The summed E-state index contributed by atoms with van der Waals surface area (Å²) in [6.07, 6.45) is 6.17. The Kier molecular flexibility index (Phi) is 8.40. The smallest absolute Gasteiger partial charge is 0.330 e. The molecular formula is C22H35NO6. The fourth-order valence-corrected chi connectivity index (χ4v) is 5.72. The van der Waals surface area contributed by atoms with Gasteiger partial charge in [-0.05, 0) is 55.3 Å². The van der Waals surface area contributed by atoms with Gasteiger partial charge in [0.1, 0.15) is 12.4 Å². The maximum Gasteiger partial charge on any atom is 0.330 e. The molecule has 0 aromatic rings. The van der Waals surface area contributed by atoms with Crippen molar-refractivity contribution in [2.45, 2.75) is 58.5 Å². The molecule has 0 radical (unpaired) electrons. The number of allylic oxidation sites excluding steroid dienone is 1. The summed E-state index contributed by atoms with van der Waals surface area (Å²) < 4.78 is 8.90. The number of hydrogen-bond acceptors (Lipinski definition) is 7. The topological polar surface area (TPSA) is 116 Å². The Morgan fingerprint density at radius 2 is 2.00 bits per heavy atom. The highest BCUT2D eigenvalue weighted by molar-refractivity contribution is 5.85. The molecule has 29 heavy (non-hydrogen) atoms. The lowest BCUT2D eigenvalue weighted by atomic mass is 9.47. The lowest BCUT2D eigenvalue weighted by Gasteiger charge is -2.57. The Bertz CT molecular complexity index is 633. The number of aliphatic hydroxyl groups is 1. The van der Waals surface area contributed by atoms with Gasteiger partial charge in [0, 0.05) is 25.0 Å². The summed E-state index contributed by atoms with van der Waals surface area (Å²) in [4.78, 5) is 33.6. The molecule has 0 saturated heterocycles. The molecule has 0 aromatic carbocycles. The number of Topliss-reactive ketones (excluding diaryl/α,β-unsaturated/α-hetero) is 1. The predicted octanol–water partition coefficient (Wildman–Crippen LogP) is 2.01. The van der Waals surface area contributed by atoms with E-state index in [-0.39, 0.29) is 41.8 Å². The second-order valence-corrected chi connectivity index (χ2v) is 8.79. The van der Waals surface area contributed by atoms with Gasteiger partial charge in [0.05, 0.1) is 13.2 Å². The first-order valence-corrected chi connectivity index (χ1v) is 10.5. The van der Waals surface area contributed by atoms with E-state index in [0.717, 1.165) is 31.3 Å². The van der Waals surface area contributed by atoms with Crippen LogP contribution in [0.1, 0.15) is 52.4 Å².